The molecule has 0 heterocycles. The van der Waals surface area contributed by atoms with Crippen molar-refractivity contribution in [2.24, 2.45) is 0 Å². The molecule has 0 saturated heterocycles. The summed E-state index contributed by atoms with van der Waals surface area (Å²) in [4.78, 5) is 2.35. The number of halogens is 1. The van der Waals surface area contributed by atoms with Gasteiger partial charge in [0.1, 0.15) is 0 Å². The summed E-state index contributed by atoms with van der Waals surface area (Å²) in [7, 11) is 2.17. The third-order valence-corrected chi connectivity index (χ3v) is 4.21. The zero-order valence-electron chi connectivity index (χ0n) is 11.2. The van der Waals surface area contributed by atoms with E-state index in [4.69, 9.17) is 11.6 Å². The van der Waals surface area contributed by atoms with Crippen LogP contribution < -0.4 is 4.90 Å². The van der Waals surface area contributed by atoms with Crippen LogP contribution in [-0.4, -0.2) is 25.1 Å². The minimum atomic E-state index is 0.573. The molecule has 0 aliphatic heterocycles. The Bertz CT molecular complexity index is 354. The summed E-state index contributed by atoms with van der Waals surface area (Å²) in [5.41, 5.74) is 3.78. The van der Waals surface area contributed by atoms with Crippen molar-refractivity contribution in [1.82, 2.24) is 0 Å². The first-order valence-corrected chi connectivity index (χ1v) is 7.90. The molecule has 0 saturated carbocycles. The minimum absolute atomic E-state index is 0.573. The average Bonchev–Trinajstić information content (AvgIpc) is 2.34. The van der Waals surface area contributed by atoms with Crippen LogP contribution in [0.1, 0.15) is 24.5 Å². The topological polar surface area (TPSA) is 3.24 Å². The minimum Gasteiger partial charge on any atom is -0.372 e. The van der Waals surface area contributed by atoms with E-state index in [0.29, 0.717) is 11.9 Å². The highest BCUT2D eigenvalue weighted by atomic mass is 35.5. The first-order valence-electron chi connectivity index (χ1n) is 5.97. The predicted molar refractivity (Wildman–Crippen MR) is 81.6 cm³/mol. The van der Waals surface area contributed by atoms with E-state index in [-0.39, 0.29) is 0 Å². The van der Waals surface area contributed by atoms with Gasteiger partial charge in [0.2, 0.25) is 0 Å². The molecule has 1 aromatic rings. The lowest BCUT2D eigenvalue weighted by Gasteiger charge is -2.27. The number of aryl methyl sites for hydroxylation is 1. The molecule has 1 rings (SSSR count). The summed E-state index contributed by atoms with van der Waals surface area (Å²) in [6.07, 6.45) is 3.38. The quantitative estimate of drug-likeness (QED) is 0.709. The number of benzene rings is 1. The summed E-state index contributed by atoms with van der Waals surface area (Å²) in [5, 5.41) is 0. The fraction of sp³-hybridized carbons (Fsp3) is 0.571. The smallest absolute Gasteiger partial charge is 0.0476 e. The largest absolute Gasteiger partial charge is 0.372 e. The number of alkyl halides is 1. The number of anilines is 1. The number of hydrogen-bond donors (Lipinski definition) is 0. The lowest BCUT2D eigenvalue weighted by molar-refractivity contribution is 0.669. The Morgan fingerprint density at radius 1 is 1.41 bits per heavy atom. The van der Waals surface area contributed by atoms with Crippen molar-refractivity contribution < 1.29 is 0 Å². The Labute approximate surface area is 115 Å². The van der Waals surface area contributed by atoms with Crippen LogP contribution in [-0.2, 0) is 5.88 Å². The molecule has 1 unspecified atom stereocenters. The molecule has 0 bridgehead atoms. The Kier molecular flexibility index (Phi) is 6.21. The van der Waals surface area contributed by atoms with Gasteiger partial charge in [-0.05, 0) is 55.5 Å². The number of nitrogens with zero attached hydrogens (tertiary/aromatic N) is 1. The van der Waals surface area contributed by atoms with E-state index >= 15 is 0 Å². The van der Waals surface area contributed by atoms with E-state index in [1.165, 1.54) is 29.0 Å². The summed E-state index contributed by atoms with van der Waals surface area (Å²) in [6.45, 7) is 4.41. The standard InChI is InChI=1S/C14H22ClNS/c1-11-9-14(6-5-13(11)10-15)16(3)12(2)7-8-17-4/h5-6,9,12H,7-8,10H2,1-4H3. The molecule has 0 fully saturated rings. The van der Waals surface area contributed by atoms with Gasteiger partial charge in [0, 0.05) is 24.7 Å². The molecule has 1 aromatic carbocycles. The maximum atomic E-state index is 5.88. The second-order valence-electron chi connectivity index (χ2n) is 4.49. The van der Waals surface area contributed by atoms with Crippen molar-refractivity contribution in [2.75, 3.05) is 24.0 Å². The number of rotatable bonds is 6. The predicted octanol–water partition coefficient (Wildman–Crippen LogP) is 4.31. The molecule has 0 aromatic heterocycles. The van der Waals surface area contributed by atoms with Crippen LogP contribution in [0.2, 0.25) is 0 Å². The van der Waals surface area contributed by atoms with Crippen LogP contribution in [0.4, 0.5) is 5.69 Å². The van der Waals surface area contributed by atoms with E-state index in [9.17, 15) is 0 Å². The van der Waals surface area contributed by atoms with Gasteiger partial charge in [-0.15, -0.1) is 11.6 Å². The summed E-state index contributed by atoms with van der Waals surface area (Å²) < 4.78 is 0. The summed E-state index contributed by atoms with van der Waals surface area (Å²) >= 11 is 7.79. The number of hydrogen-bond acceptors (Lipinski definition) is 2. The van der Waals surface area contributed by atoms with Gasteiger partial charge in [-0.2, -0.15) is 11.8 Å². The highest BCUT2D eigenvalue weighted by molar-refractivity contribution is 7.98. The van der Waals surface area contributed by atoms with Crippen molar-refractivity contribution >= 4 is 29.1 Å². The van der Waals surface area contributed by atoms with Gasteiger partial charge in [0.25, 0.3) is 0 Å². The van der Waals surface area contributed by atoms with Gasteiger partial charge < -0.3 is 4.90 Å². The highest BCUT2D eigenvalue weighted by Crippen LogP contribution is 2.22. The average molecular weight is 272 g/mol. The number of thioether (sulfide) groups is 1. The van der Waals surface area contributed by atoms with E-state index in [0.717, 1.165) is 0 Å². The second kappa shape index (κ2) is 7.17. The molecule has 96 valence electrons. The van der Waals surface area contributed by atoms with Crippen LogP contribution >= 0.6 is 23.4 Å². The van der Waals surface area contributed by atoms with Crippen LogP contribution in [0.5, 0.6) is 0 Å². The molecule has 1 atom stereocenters. The molecule has 0 spiro atoms. The Morgan fingerprint density at radius 2 is 2.12 bits per heavy atom. The van der Waals surface area contributed by atoms with Crippen molar-refractivity contribution in [3.05, 3.63) is 29.3 Å². The van der Waals surface area contributed by atoms with Gasteiger partial charge in [0.05, 0.1) is 0 Å². The Hall–Kier alpha value is -0.340. The normalized spacial score (nSPS) is 12.5. The molecular weight excluding hydrogens is 250 g/mol. The third kappa shape index (κ3) is 4.11. The van der Waals surface area contributed by atoms with Gasteiger partial charge in [-0.1, -0.05) is 6.07 Å². The van der Waals surface area contributed by atoms with Crippen molar-refractivity contribution in [3.63, 3.8) is 0 Å². The van der Waals surface area contributed by atoms with E-state index in [1.807, 2.05) is 11.8 Å². The van der Waals surface area contributed by atoms with Crippen molar-refractivity contribution in [1.29, 1.82) is 0 Å². The second-order valence-corrected chi connectivity index (χ2v) is 5.74. The van der Waals surface area contributed by atoms with Crippen LogP contribution in [0.15, 0.2) is 18.2 Å². The zero-order chi connectivity index (χ0) is 12.8. The third-order valence-electron chi connectivity index (χ3n) is 3.28. The highest BCUT2D eigenvalue weighted by Gasteiger charge is 2.10. The Balaban J connectivity index is 2.74. The van der Waals surface area contributed by atoms with E-state index in [2.05, 4.69) is 50.2 Å². The van der Waals surface area contributed by atoms with Gasteiger partial charge >= 0.3 is 0 Å². The maximum absolute atomic E-state index is 5.88. The van der Waals surface area contributed by atoms with Crippen molar-refractivity contribution in [2.45, 2.75) is 32.2 Å². The fourth-order valence-electron chi connectivity index (χ4n) is 1.79. The summed E-state index contributed by atoms with van der Waals surface area (Å²) in [6, 6.07) is 7.10. The molecule has 0 radical (unpaired) electrons. The monoisotopic (exact) mass is 271 g/mol. The molecule has 0 aliphatic carbocycles. The fourth-order valence-corrected chi connectivity index (χ4v) is 2.66. The first-order chi connectivity index (χ1) is 8.10. The molecule has 1 nitrogen and oxygen atoms in total. The maximum Gasteiger partial charge on any atom is 0.0476 e. The molecule has 0 amide bonds. The van der Waals surface area contributed by atoms with Crippen LogP contribution in [0.3, 0.4) is 0 Å². The zero-order valence-corrected chi connectivity index (χ0v) is 12.7. The molecule has 17 heavy (non-hydrogen) atoms. The van der Waals surface area contributed by atoms with E-state index in [1.54, 1.807) is 0 Å². The SMILES string of the molecule is CSCCC(C)N(C)c1ccc(CCl)c(C)c1. The summed E-state index contributed by atoms with van der Waals surface area (Å²) in [5.74, 6) is 1.81. The molecular formula is C14H22ClNS. The molecule has 0 aliphatic rings. The van der Waals surface area contributed by atoms with Gasteiger partial charge in [0.15, 0.2) is 0 Å². The van der Waals surface area contributed by atoms with Gasteiger partial charge in [-0.3, -0.25) is 0 Å². The lowest BCUT2D eigenvalue weighted by atomic mass is 10.1. The first kappa shape index (κ1) is 14.7. The van der Waals surface area contributed by atoms with Crippen molar-refractivity contribution in [3.8, 4) is 0 Å². The molecule has 3 heteroatoms. The lowest BCUT2D eigenvalue weighted by Crippen LogP contribution is -2.29. The van der Waals surface area contributed by atoms with Gasteiger partial charge in [-0.25, -0.2) is 0 Å². The van der Waals surface area contributed by atoms with Crippen LogP contribution in [0.25, 0.3) is 0 Å². The molecule has 0 N–H and O–H groups in total. The Morgan fingerprint density at radius 3 is 2.65 bits per heavy atom. The van der Waals surface area contributed by atoms with Crippen LogP contribution in [0, 0.1) is 6.92 Å². The van der Waals surface area contributed by atoms with E-state index < -0.39 is 0 Å².